The van der Waals surface area contributed by atoms with E-state index in [1.54, 1.807) is 37.6 Å². The molecule has 1 aliphatic heterocycles. The lowest BCUT2D eigenvalue weighted by Gasteiger charge is -2.21. The van der Waals surface area contributed by atoms with Crippen LogP contribution in [0.1, 0.15) is 52.5 Å². The minimum atomic E-state index is -0.377. The van der Waals surface area contributed by atoms with Gasteiger partial charge in [-0.2, -0.15) is 5.26 Å². The minimum absolute atomic E-state index is 0.0535. The molecule has 0 saturated carbocycles. The maximum Gasteiger partial charge on any atom is 0.258 e. The van der Waals surface area contributed by atoms with Gasteiger partial charge in [-0.25, -0.2) is 9.97 Å². The Morgan fingerprint density at radius 3 is 2.88 bits per heavy atom. The van der Waals surface area contributed by atoms with Gasteiger partial charge >= 0.3 is 0 Å². The molecule has 1 saturated heterocycles. The first-order chi connectivity index (χ1) is 16.0. The zero-order valence-electron chi connectivity index (χ0n) is 18.7. The van der Waals surface area contributed by atoms with Gasteiger partial charge in [-0.1, -0.05) is 6.07 Å². The highest BCUT2D eigenvalue weighted by atomic mass is 16.5. The van der Waals surface area contributed by atoms with E-state index in [-0.39, 0.29) is 17.9 Å². The van der Waals surface area contributed by atoms with Crippen LogP contribution < -0.4 is 5.32 Å². The summed E-state index contributed by atoms with van der Waals surface area (Å²) >= 11 is 0. The Morgan fingerprint density at radius 2 is 2.15 bits per heavy atom. The van der Waals surface area contributed by atoms with E-state index in [9.17, 15) is 9.59 Å². The number of carbonyl (C=O) groups excluding carboxylic acids is 2. The quantitative estimate of drug-likeness (QED) is 0.558. The van der Waals surface area contributed by atoms with Gasteiger partial charge in [-0.15, -0.1) is 0 Å². The normalized spacial score (nSPS) is 15.5. The van der Waals surface area contributed by atoms with E-state index >= 15 is 0 Å². The highest BCUT2D eigenvalue weighted by Crippen LogP contribution is 2.23. The summed E-state index contributed by atoms with van der Waals surface area (Å²) in [7, 11) is 1.63. The van der Waals surface area contributed by atoms with Crippen molar-refractivity contribution in [2.24, 2.45) is 0 Å². The number of methoxy groups -OCH3 is 1. The summed E-state index contributed by atoms with van der Waals surface area (Å²) in [4.78, 5) is 36.8. The first-order valence-electron chi connectivity index (χ1n) is 11.0. The van der Waals surface area contributed by atoms with Gasteiger partial charge in [-0.05, 0) is 50.5 Å². The third-order valence-electron chi connectivity index (χ3n) is 5.86. The third kappa shape index (κ3) is 4.71. The molecule has 0 unspecified atom stereocenters. The van der Waals surface area contributed by atoms with Crippen molar-refractivity contribution in [1.29, 1.82) is 5.26 Å². The van der Waals surface area contributed by atoms with E-state index in [2.05, 4.69) is 22.2 Å². The van der Waals surface area contributed by atoms with Crippen LogP contribution in [0.15, 0.2) is 36.5 Å². The number of benzene rings is 1. The Kier molecular flexibility index (Phi) is 6.66. The summed E-state index contributed by atoms with van der Waals surface area (Å²) in [6.07, 6.45) is 4.27. The molecule has 0 radical (unpaired) electrons. The molecule has 0 bridgehead atoms. The number of hydrogen-bond acceptors (Lipinski definition) is 6. The van der Waals surface area contributed by atoms with Gasteiger partial charge in [-0.3, -0.25) is 19.5 Å². The number of hydrogen-bond donors (Lipinski definition) is 1. The van der Waals surface area contributed by atoms with Gasteiger partial charge in [0.15, 0.2) is 5.65 Å². The van der Waals surface area contributed by atoms with Crippen LogP contribution in [0.3, 0.4) is 0 Å². The number of likely N-dealkylation sites (tertiary alicyclic amines) is 1. The van der Waals surface area contributed by atoms with Crippen LogP contribution in [-0.4, -0.2) is 57.6 Å². The molecule has 9 heteroatoms. The van der Waals surface area contributed by atoms with E-state index < -0.39 is 0 Å². The summed E-state index contributed by atoms with van der Waals surface area (Å²) in [5.74, 6) is -0.0973. The van der Waals surface area contributed by atoms with E-state index in [0.717, 1.165) is 19.4 Å². The number of nitrogens with zero attached hydrogens (tertiary/aromatic N) is 5. The number of fused-ring (bicyclic) bond motifs is 1. The lowest BCUT2D eigenvalue weighted by Crippen LogP contribution is -2.33. The second-order valence-corrected chi connectivity index (χ2v) is 8.14. The van der Waals surface area contributed by atoms with Crippen LogP contribution in [0, 0.1) is 11.3 Å². The fourth-order valence-corrected chi connectivity index (χ4v) is 4.11. The number of nitriles is 1. The standard InChI is InChI=1S/C24H26N6O3/c1-16-6-4-9-29(16)23(32)19-13-20-21(26-15-19)30(10-5-11-33-2)24(27-20)28-22(31)18-8-3-7-17(12-18)14-25/h3,7-8,12-13,15-16H,4-6,9-11H2,1-2H3,(H,27,28,31)/t16-/m1/s1. The van der Waals surface area contributed by atoms with Gasteiger partial charge < -0.3 is 9.64 Å². The molecule has 0 spiro atoms. The number of rotatable bonds is 7. The molecule has 4 rings (SSSR count). The molecule has 3 heterocycles. The topological polar surface area (TPSA) is 113 Å². The number of amides is 2. The number of aromatic nitrogens is 3. The molecule has 2 amide bonds. The van der Waals surface area contributed by atoms with Crippen LogP contribution in [0.25, 0.3) is 11.2 Å². The lowest BCUT2D eigenvalue weighted by molar-refractivity contribution is 0.0747. The summed E-state index contributed by atoms with van der Waals surface area (Å²) in [5.41, 5.74) is 2.36. The highest BCUT2D eigenvalue weighted by Gasteiger charge is 2.27. The van der Waals surface area contributed by atoms with Crippen LogP contribution in [0.2, 0.25) is 0 Å². The Bertz CT molecular complexity index is 1230. The molecule has 0 aliphatic carbocycles. The van der Waals surface area contributed by atoms with Gasteiger partial charge in [0.05, 0.1) is 17.2 Å². The third-order valence-corrected chi connectivity index (χ3v) is 5.86. The summed E-state index contributed by atoms with van der Waals surface area (Å²) in [6, 6.07) is 10.4. The summed E-state index contributed by atoms with van der Waals surface area (Å²) in [5, 5.41) is 11.9. The van der Waals surface area contributed by atoms with Crippen molar-refractivity contribution in [2.75, 3.05) is 25.6 Å². The van der Waals surface area contributed by atoms with E-state index in [0.29, 0.717) is 53.4 Å². The zero-order chi connectivity index (χ0) is 23.4. The molecule has 1 fully saturated rings. The van der Waals surface area contributed by atoms with Crippen LogP contribution >= 0.6 is 0 Å². The minimum Gasteiger partial charge on any atom is -0.385 e. The SMILES string of the molecule is COCCCn1c(NC(=O)c2cccc(C#N)c2)nc2cc(C(=O)N3CCC[C@H]3C)cnc21. The fraction of sp³-hybridized carbons (Fsp3) is 0.375. The van der Waals surface area contributed by atoms with Gasteiger partial charge in [0.1, 0.15) is 5.52 Å². The zero-order valence-corrected chi connectivity index (χ0v) is 18.7. The first kappa shape index (κ1) is 22.4. The molecule has 9 nitrogen and oxygen atoms in total. The molecule has 1 atom stereocenters. The smallest absolute Gasteiger partial charge is 0.258 e. The average Bonchev–Trinajstić information content (AvgIpc) is 3.41. The predicted molar refractivity (Wildman–Crippen MR) is 123 cm³/mol. The second kappa shape index (κ2) is 9.79. The van der Waals surface area contributed by atoms with Crippen molar-refractivity contribution in [3.63, 3.8) is 0 Å². The van der Waals surface area contributed by atoms with E-state index in [1.807, 2.05) is 15.5 Å². The Labute approximate surface area is 192 Å². The maximum absolute atomic E-state index is 13.0. The van der Waals surface area contributed by atoms with Crippen LogP contribution in [0.4, 0.5) is 5.95 Å². The van der Waals surface area contributed by atoms with Crippen molar-refractivity contribution < 1.29 is 14.3 Å². The number of nitrogens with one attached hydrogen (secondary N) is 1. The van der Waals surface area contributed by atoms with Crippen LogP contribution in [0.5, 0.6) is 0 Å². The molecule has 2 aromatic heterocycles. The van der Waals surface area contributed by atoms with Crippen molar-refractivity contribution in [3.05, 3.63) is 53.2 Å². The molecule has 1 aromatic carbocycles. The number of aryl methyl sites for hydroxylation is 1. The average molecular weight is 447 g/mol. The molecule has 3 aromatic rings. The Balaban J connectivity index is 1.66. The van der Waals surface area contributed by atoms with Crippen molar-refractivity contribution >= 4 is 28.9 Å². The molecule has 1 aliphatic rings. The Hall–Kier alpha value is -3.77. The molecular formula is C24H26N6O3. The van der Waals surface area contributed by atoms with Crippen molar-refractivity contribution in [3.8, 4) is 6.07 Å². The lowest BCUT2D eigenvalue weighted by atomic mass is 10.1. The van der Waals surface area contributed by atoms with E-state index in [4.69, 9.17) is 10.00 Å². The highest BCUT2D eigenvalue weighted by molar-refractivity contribution is 6.04. The Morgan fingerprint density at radius 1 is 1.30 bits per heavy atom. The maximum atomic E-state index is 13.0. The van der Waals surface area contributed by atoms with Gasteiger partial charge in [0, 0.05) is 44.6 Å². The number of imidazole rings is 1. The van der Waals surface area contributed by atoms with Crippen molar-refractivity contribution in [1.82, 2.24) is 19.4 Å². The fourth-order valence-electron chi connectivity index (χ4n) is 4.11. The molecule has 33 heavy (non-hydrogen) atoms. The van der Waals surface area contributed by atoms with Gasteiger partial charge in [0.2, 0.25) is 5.95 Å². The van der Waals surface area contributed by atoms with E-state index in [1.165, 1.54) is 6.07 Å². The predicted octanol–water partition coefficient (Wildman–Crippen LogP) is 3.22. The van der Waals surface area contributed by atoms with Gasteiger partial charge in [0.25, 0.3) is 11.8 Å². The first-order valence-corrected chi connectivity index (χ1v) is 11.0. The van der Waals surface area contributed by atoms with Crippen molar-refractivity contribution in [2.45, 2.75) is 38.8 Å². The molecule has 170 valence electrons. The number of ether oxygens (including phenoxy) is 1. The van der Waals surface area contributed by atoms with Crippen LogP contribution in [-0.2, 0) is 11.3 Å². The largest absolute Gasteiger partial charge is 0.385 e. The second-order valence-electron chi connectivity index (χ2n) is 8.14. The number of anilines is 1. The summed E-state index contributed by atoms with van der Waals surface area (Å²) < 4.78 is 6.98. The number of carbonyl (C=O) groups is 2. The molecule has 1 N–H and O–H groups in total. The monoisotopic (exact) mass is 446 g/mol. The molecular weight excluding hydrogens is 420 g/mol. The number of pyridine rings is 1. The summed E-state index contributed by atoms with van der Waals surface area (Å²) in [6.45, 7) is 3.87.